The van der Waals surface area contributed by atoms with Crippen molar-refractivity contribution in [2.24, 2.45) is 0 Å². The summed E-state index contributed by atoms with van der Waals surface area (Å²) in [6.45, 7) is 4.85. The van der Waals surface area contributed by atoms with Crippen LogP contribution in [0.1, 0.15) is 11.1 Å². The van der Waals surface area contributed by atoms with Gasteiger partial charge in [0.2, 0.25) is 0 Å². The Morgan fingerprint density at radius 2 is 0.960 bits per heavy atom. The van der Waals surface area contributed by atoms with E-state index < -0.39 is 0 Å². The van der Waals surface area contributed by atoms with Gasteiger partial charge in [0, 0.05) is 49.2 Å². The van der Waals surface area contributed by atoms with Crippen LogP contribution in [0.15, 0.2) is 48.5 Å². The predicted octanol–water partition coefficient (Wildman–Crippen LogP) is 3.90. The van der Waals surface area contributed by atoms with Crippen molar-refractivity contribution in [2.45, 2.75) is 6.42 Å². The lowest BCUT2D eigenvalue weighted by Gasteiger charge is -2.08. The van der Waals surface area contributed by atoms with E-state index in [0.29, 0.717) is 0 Å². The molecule has 0 aromatic heterocycles. The zero-order valence-corrected chi connectivity index (χ0v) is 16.4. The quantitative estimate of drug-likeness (QED) is 0.625. The van der Waals surface area contributed by atoms with Crippen molar-refractivity contribution >= 4 is 23.5 Å². The normalized spacial score (nSPS) is 17.9. The summed E-state index contributed by atoms with van der Waals surface area (Å²) >= 11 is 4.06. The molecule has 0 bridgehead atoms. The van der Waals surface area contributed by atoms with Gasteiger partial charge in [0.25, 0.3) is 0 Å². The van der Waals surface area contributed by atoms with E-state index in [1.165, 1.54) is 71.4 Å². The van der Waals surface area contributed by atoms with Gasteiger partial charge in [-0.1, -0.05) is 48.5 Å². The third kappa shape index (κ3) is 6.07. The van der Waals surface area contributed by atoms with E-state index >= 15 is 0 Å². The lowest BCUT2D eigenvalue weighted by molar-refractivity contribution is 0.756. The molecule has 0 saturated carbocycles. The SMILES string of the molecule is C1CSCCN1.C1CSCCN1.c1ccc2c(c1)Cc1ccccc1-2. The minimum absolute atomic E-state index is 1.10. The van der Waals surface area contributed by atoms with Gasteiger partial charge in [-0.3, -0.25) is 0 Å². The largest absolute Gasteiger partial charge is 0.315 e. The van der Waals surface area contributed by atoms with Crippen LogP contribution < -0.4 is 10.6 Å². The lowest BCUT2D eigenvalue weighted by Crippen LogP contribution is -2.24. The van der Waals surface area contributed by atoms with E-state index in [-0.39, 0.29) is 0 Å². The standard InChI is InChI=1S/C13H10.2C4H9NS/c1-3-7-12-10(5-1)9-11-6-2-4-8-13(11)12;2*1-3-6-4-2-5-1/h1-8H,9H2;2*5H,1-4H2. The molecule has 2 aliphatic heterocycles. The summed E-state index contributed by atoms with van der Waals surface area (Å²) < 4.78 is 0. The fraction of sp³-hybridized carbons (Fsp3) is 0.429. The highest BCUT2D eigenvalue weighted by molar-refractivity contribution is 7.99. The van der Waals surface area contributed by atoms with E-state index in [1.54, 1.807) is 0 Å². The predicted molar refractivity (Wildman–Crippen MR) is 115 cm³/mol. The average molecular weight is 373 g/mol. The molecule has 1 aliphatic carbocycles. The van der Waals surface area contributed by atoms with Gasteiger partial charge in [-0.2, -0.15) is 23.5 Å². The maximum Gasteiger partial charge on any atom is 0.00585 e. The summed E-state index contributed by atoms with van der Waals surface area (Å²) in [6.07, 6.45) is 1.10. The Kier molecular flexibility index (Phi) is 8.23. The zero-order chi connectivity index (χ0) is 17.2. The number of hydrogen-bond donors (Lipinski definition) is 2. The summed E-state index contributed by atoms with van der Waals surface area (Å²) in [7, 11) is 0. The Balaban J connectivity index is 0.000000127. The number of hydrogen-bond acceptors (Lipinski definition) is 4. The number of benzene rings is 2. The minimum Gasteiger partial charge on any atom is -0.315 e. The van der Waals surface area contributed by atoms with E-state index in [4.69, 9.17) is 0 Å². The maximum absolute atomic E-state index is 3.26. The van der Waals surface area contributed by atoms with Gasteiger partial charge in [0.1, 0.15) is 0 Å². The van der Waals surface area contributed by atoms with Gasteiger partial charge in [-0.15, -0.1) is 0 Å². The molecule has 0 amide bonds. The van der Waals surface area contributed by atoms with Gasteiger partial charge < -0.3 is 10.6 Å². The molecule has 0 unspecified atom stereocenters. The van der Waals surface area contributed by atoms with Gasteiger partial charge in [-0.25, -0.2) is 0 Å². The topological polar surface area (TPSA) is 24.1 Å². The first-order valence-electron chi connectivity index (χ1n) is 9.18. The smallest absolute Gasteiger partial charge is 0.00585 e. The summed E-state index contributed by atoms with van der Waals surface area (Å²) in [5.74, 6) is 5.22. The highest BCUT2D eigenvalue weighted by Crippen LogP contribution is 2.35. The van der Waals surface area contributed by atoms with Gasteiger partial charge in [-0.05, 0) is 28.7 Å². The van der Waals surface area contributed by atoms with Crippen LogP contribution in [0.25, 0.3) is 11.1 Å². The molecule has 0 atom stereocenters. The van der Waals surface area contributed by atoms with Crippen LogP contribution in [-0.2, 0) is 6.42 Å². The molecule has 3 aliphatic rings. The average Bonchev–Trinajstić information content (AvgIpc) is 3.10. The molecule has 25 heavy (non-hydrogen) atoms. The summed E-state index contributed by atoms with van der Waals surface area (Å²) in [5, 5.41) is 6.53. The highest BCUT2D eigenvalue weighted by Gasteiger charge is 2.15. The lowest BCUT2D eigenvalue weighted by atomic mass is 10.1. The first-order chi connectivity index (χ1) is 12.4. The van der Waals surface area contributed by atoms with Crippen molar-refractivity contribution < 1.29 is 0 Å². The van der Waals surface area contributed by atoms with Crippen molar-refractivity contribution in [1.29, 1.82) is 0 Å². The second-order valence-electron chi connectivity index (χ2n) is 6.22. The zero-order valence-electron chi connectivity index (χ0n) is 14.8. The van der Waals surface area contributed by atoms with Crippen LogP contribution in [-0.4, -0.2) is 49.2 Å². The van der Waals surface area contributed by atoms with Crippen LogP contribution in [0.3, 0.4) is 0 Å². The molecule has 134 valence electrons. The Hall–Kier alpha value is -0.940. The molecule has 2 heterocycles. The van der Waals surface area contributed by atoms with E-state index in [2.05, 4.69) is 59.2 Å². The molecule has 2 N–H and O–H groups in total. The summed E-state index contributed by atoms with van der Waals surface area (Å²) in [6, 6.07) is 17.3. The van der Waals surface area contributed by atoms with E-state index in [9.17, 15) is 0 Å². The van der Waals surface area contributed by atoms with E-state index in [1.807, 2.05) is 23.5 Å². The molecule has 4 heteroatoms. The molecule has 2 aromatic rings. The molecule has 0 spiro atoms. The second-order valence-corrected chi connectivity index (χ2v) is 8.67. The molecule has 2 aromatic carbocycles. The van der Waals surface area contributed by atoms with E-state index in [0.717, 1.165) is 6.42 Å². The second kappa shape index (κ2) is 10.9. The van der Waals surface area contributed by atoms with Crippen molar-refractivity contribution in [3.05, 3.63) is 59.7 Å². The van der Waals surface area contributed by atoms with Gasteiger partial charge in [0.15, 0.2) is 0 Å². The van der Waals surface area contributed by atoms with Crippen molar-refractivity contribution in [3.8, 4) is 11.1 Å². The van der Waals surface area contributed by atoms with Gasteiger partial charge in [0.05, 0.1) is 0 Å². The molecule has 0 radical (unpaired) electrons. The molecule has 2 saturated heterocycles. The Bertz CT molecular complexity index is 559. The van der Waals surface area contributed by atoms with Crippen LogP contribution in [0.2, 0.25) is 0 Å². The van der Waals surface area contributed by atoms with Gasteiger partial charge >= 0.3 is 0 Å². The minimum atomic E-state index is 1.10. The number of fused-ring (bicyclic) bond motifs is 3. The monoisotopic (exact) mass is 372 g/mol. The molecular weight excluding hydrogens is 344 g/mol. The maximum atomic E-state index is 3.26. The third-order valence-electron chi connectivity index (χ3n) is 4.40. The first kappa shape index (κ1) is 18.8. The number of nitrogens with one attached hydrogen (secondary N) is 2. The van der Waals surface area contributed by atoms with Crippen LogP contribution in [0, 0.1) is 0 Å². The fourth-order valence-corrected chi connectivity index (χ4v) is 4.67. The Morgan fingerprint density at radius 1 is 0.560 bits per heavy atom. The fourth-order valence-electron chi connectivity index (χ4n) is 3.11. The van der Waals surface area contributed by atoms with Crippen molar-refractivity contribution in [3.63, 3.8) is 0 Å². The molecule has 5 rings (SSSR count). The third-order valence-corrected chi connectivity index (χ3v) is 6.37. The molecular formula is C21H28N2S2. The van der Waals surface area contributed by atoms with Crippen molar-refractivity contribution in [1.82, 2.24) is 10.6 Å². The summed E-state index contributed by atoms with van der Waals surface area (Å²) in [5.41, 5.74) is 5.75. The Labute approximate surface area is 160 Å². The highest BCUT2D eigenvalue weighted by atomic mass is 32.2. The summed E-state index contributed by atoms with van der Waals surface area (Å²) in [4.78, 5) is 0. The van der Waals surface area contributed by atoms with Crippen LogP contribution >= 0.6 is 23.5 Å². The molecule has 2 fully saturated rings. The van der Waals surface area contributed by atoms with Crippen LogP contribution in [0.5, 0.6) is 0 Å². The van der Waals surface area contributed by atoms with Crippen LogP contribution in [0.4, 0.5) is 0 Å². The van der Waals surface area contributed by atoms with Crippen molar-refractivity contribution in [2.75, 3.05) is 49.2 Å². The Morgan fingerprint density at radius 3 is 1.28 bits per heavy atom. The number of rotatable bonds is 0. The molecule has 2 nitrogen and oxygen atoms in total. The first-order valence-corrected chi connectivity index (χ1v) is 11.5. The number of thioether (sulfide) groups is 2.